The summed E-state index contributed by atoms with van der Waals surface area (Å²) in [5, 5.41) is 2.47. The van der Waals surface area contributed by atoms with Crippen LogP contribution in [0.2, 0.25) is 0 Å². The minimum Gasteiger partial charge on any atom is -0.335 e. The number of hydrogen-bond acceptors (Lipinski definition) is 3. The van der Waals surface area contributed by atoms with Crippen LogP contribution in [0.5, 0.6) is 0 Å². The molecule has 0 saturated heterocycles. The summed E-state index contributed by atoms with van der Waals surface area (Å²) in [6.07, 6.45) is 3.08. The topological polar surface area (TPSA) is 72.9 Å². The number of aromatic nitrogens is 2. The molecule has 0 bridgehead atoms. The van der Waals surface area contributed by atoms with Gasteiger partial charge in [-0.25, -0.2) is 9.37 Å². The van der Waals surface area contributed by atoms with Crippen LogP contribution < -0.4 is 11.1 Å². The maximum Gasteiger partial charge on any atom is 0.275 e. The zero-order valence-electron chi connectivity index (χ0n) is 9.94. The Kier molecular flexibility index (Phi) is 4.28. The normalized spacial score (nSPS) is 10.5. The summed E-state index contributed by atoms with van der Waals surface area (Å²) in [6, 6.07) is 4.41. The van der Waals surface area contributed by atoms with E-state index in [0.717, 1.165) is 0 Å². The molecule has 1 aromatic heterocycles. The lowest BCUT2D eigenvalue weighted by Gasteiger charge is -2.04. The highest BCUT2D eigenvalue weighted by atomic mass is 79.9. The predicted octanol–water partition coefficient (Wildman–Crippen LogP) is 2.00. The van der Waals surface area contributed by atoms with Crippen molar-refractivity contribution in [3.8, 4) is 0 Å². The van der Waals surface area contributed by atoms with Crippen LogP contribution in [0.4, 0.5) is 10.1 Å². The van der Waals surface area contributed by atoms with Crippen molar-refractivity contribution in [2.75, 3.05) is 11.9 Å². The second-order valence-corrected chi connectivity index (χ2v) is 4.78. The number of rotatable bonds is 4. The van der Waals surface area contributed by atoms with E-state index in [2.05, 4.69) is 26.2 Å². The Hall–Kier alpha value is -1.73. The highest BCUT2D eigenvalue weighted by Gasteiger charge is 2.12. The second-order valence-electron chi connectivity index (χ2n) is 3.86. The molecule has 5 nitrogen and oxygen atoms in total. The first-order chi connectivity index (χ1) is 9.10. The number of halogens is 2. The largest absolute Gasteiger partial charge is 0.335 e. The minimum atomic E-state index is -0.510. The molecule has 0 radical (unpaired) electrons. The van der Waals surface area contributed by atoms with E-state index in [4.69, 9.17) is 5.73 Å². The van der Waals surface area contributed by atoms with Crippen molar-refractivity contribution in [2.45, 2.75) is 6.54 Å². The van der Waals surface area contributed by atoms with Gasteiger partial charge in [-0.3, -0.25) is 4.79 Å². The molecular formula is C12H12BrFN4O. The lowest BCUT2D eigenvalue weighted by atomic mass is 10.3. The number of benzene rings is 1. The zero-order chi connectivity index (χ0) is 13.8. The van der Waals surface area contributed by atoms with Gasteiger partial charge in [0.05, 0.1) is 12.0 Å². The van der Waals surface area contributed by atoms with Crippen LogP contribution in [0, 0.1) is 5.82 Å². The van der Waals surface area contributed by atoms with Gasteiger partial charge in [-0.1, -0.05) is 15.9 Å². The number of anilines is 1. The van der Waals surface area contributed by atoms with Crippen LogP contribution in [-0.2, 0) is 6.54 Å². The van der Waals surface area contributed by atoms with Gasteiger partial charge in [-0.05, 0) is 18.2 Å². The van der Waals surface area contributed by atoms with Gasteiger partial charge in [0.1, 0.15) is 11.5 Å². The monoisotopic (exact) mass is 326 g/mol. The van der Waals surface area contributed by atoms with E-state index in [1.165, 1.54) is 18.5 Å². The van der Waals surface area contributed by atoms with Gasteiger partial charge < -0.3 is 15.6 Å². The Labute approximate surface area is 117 Å². The van der Waals surface area contributed by atoms with Crippen molar-refractivity contribution in [1.82, 2.24) is 9.55 Å². The first-order valence-electron chi connectivity index (χ1n) is 5.58. The second kappa shape index (κ2) is 5.94. The third kappa shape index (κ3) is 3.39. The summed E-state index contributed by atoms with van der Waals surface area (Å²) in [5.41, 5.74) is 5.73. The zero-order valence-corrected chi connectivity index (χ0v) is 11.5. The molecule has 0 saturated carbocycles. The lowest BCUT2D eigenvalue weighted by molar-refractivity contribution is 0.102. The molecule has 0 atom stereocenters. The molecule has 0 aliphatic heterocycles. The molecule has 100 valence electrons. The number of nitrogens with one attached hydrogen (secondary N) is 1. The van der Waals surface area contributed by atoms with Gasteiger partial charge in [-0.2, -0.15) is 0 Å². The first-order valence-corrected chi connectivity index (χ1v) is 6.37. The fourth-order valence-electron chi connectivity index (χ4n) is 1.53. The number of amides is 1. The fourth-order valence-corrected chi connectivity index (χ4v) is 1.86. The molecule has 7 heteroatoms. The van der Waals surface area contributed by atoms with E-state index in [-0.39, 0.29) is 11.4 Å². The number of nitrogens with two attached hydrogens (primary N) is 1. The van der Waals surface area contributed by atoms with Gasteiger partial charge >= 0.3 is 0 Å². The summed E-state index contributed by atoms with van der Waals surface area (Å²) in [6.45, 7) is 1.03. The van der Waals surface area contributed by atoms with E-state index < -0.39 is 11.7 Å². The van der Waals surface area contributed by atoms with Crippen LogP contribution in [0.1, 0.15) is 10.5 Å². The highest BCUT2D eigenvalue weighted by Crippen LogP contribution is 2.19. The van der Waals surface area contributed by atoms with E-state index in [0.29, 0.717) is 17.6 Å². The molecular weight excluding hydrogens is 315 g/mol. The molecule has 1 aromatic carbocycles. The first kappa shape index (κ1) is 13.7. The molecule has 2 aromatic rings. The van der Waals surface area contributed by atoms with E-state index in [1.807, 2.05) is 0 Å². The summed E-state index contributed by atoms with van der Waals surface area (Å²) in [7, 11) is 0. The van der Waals surface area contributed by atoms with Crippen LogP contribution >= 0.6 is 15.9 Å². The number of hydrogen-bond donors (Lipinski definition) is 2. The van der Waals surface area contributed by atoms with Crippen LogP contribution in [-0.4, -0.2) is 22.0 Å². The third-order valence-corrected chi connectivity index (χ3v) is 2.93. The van der Waals surface area contributed by atoms with E-state index >= 15 is 0 Å². The quantitative estimate of drug-likeness (QED) is 0.902. The van der Waals surface area contributed by atoms with Gasteiger partial charge in [-0.15, -0.1) is 0 Å². The molecule has 0 fully saturated rings. The molecule has 3 N–H and O–H groups in total. The fraction of sp³-hybridized carbons (Fsp3) is 0.167. The Bertz CT molecular complexity index is 599. The summed E-state index contributed by atoms with van der Waals surface area (Å²) in [5.74, 6) is -0.971. The Morgan fingerprint density at radius 1 is 1.53 bits per heavy atom. The van der Waals surface area contributed by atoms with Crippen LogP contribution in [0.15, 0.2) is 35.2 Å². The van der Waals surface area contributed by atoms with Crippen molar-refractivity contribution >= 4 is 27.5 Å². The average Bonchev–Trinajstić information content (AvgIpc) is 2.82. The van der Waals surface area contributed by atoms with Gasteiger partial charge in [0, 0.05) is 23.8 Å². The molecule has 0 aliphatic rings. The highest BCUT2D eigenvalue weighted by molar-refractivity contribution is 9.10. The van der Waals surface area contributed by atoms with E-state index in [9.17, 15) is 9.18 Å². The molecule has 0 unspecified atom stereocenters. The molecule has 0 spiro atoms. The van der Waals surface area contributed by atoms with Crippen molar-refractivity contribution in [3.63, 3.8) is 0 Å². The predicted molar refractivity (Wildman–Crippen MR) is 73.3 cm³/mol. The van der Waals surface area contributed by atoms with Crippen molar-refractivity contribution in [2.24, 2.45) is 5.73 Å². The lowest BCUT2D eigenvalue weighted by Crippen LogP contribution is -2.13. The standard InChI is InChI=1S/C12H12BrFN4O/c13-8-1-2-10(9(14)5-8)17-12(19)11-6-18(4-3-15)7-16-11/h1-2,5-7H,3-4,15H2,(H,17,19). The maximum absolute atomic E-state index is 13.6. The molecule has 2 rings (SSSR count). The number of carbonyl (C=O) groups is 1. The van der Waals surface area contributed by atoms with Crippen molar-refractivity contribution < 1.29 is 9.18 Å². The maximum atomic E-state index is 13.6. The summed E-state index contributed by atoms with van der Waals surface area (Å²) < 4.78 is 15.9. The van der Waals surface area contributed by atoms with Gasteiger partial charge in [0.2, 0.25) is 0 Å². The molecule has 1 amide bonds. The summed E-state index contributed by atoms with van der Waals surface area (Å²) >= 11 is 3.15. The van der Waals surface area contributed by atoms with Crippen molar-refractivity contribution in [3.05, 3.63) is 46.7 Å². The molecule has 1 heterocycles. The van der Waals surface area contributed by atoms with Crippen LogP contribution in [0.3, 0.4) is 0 Å². The van der Waals surface area contributed by atoms with Crippen molar-refractivity contribution in [1.29, 1.82) is 0 Å². The number of imidazole rings is 1. The van der Waals surface area contributed by atoms with Gasteiger partial charge in [0.15, 0.2) is 0 Å². The number of nitrogens with zero attached hydrogens (tertiary/aromatic N) is 2. The SMILES string of the molecule is NCCn1cnc(C(=O)Nc2ccc(Br)cc2F)c1. The smallest absolute Gasteiger partial charge is 0.275 e. The summed E-state index contributed by atoms with van der Waals surface area (Å²) in [4.78, 5) is 15.8. The Balaban J connectivity index is 2.11. The van der Waals surface area contributed by atoms with E-state index in [1.54, 1.807) is 16.8 Å². The average molecular weight is 327 g/mol. The Morgan fingerprint density at radius 2 is 2.32 bits per heavy atom. The third-order valence-electron chi connectivity index (χ3n) is 2.43. The van der Waals surface area contributed by atoms with Crippen LogP contribution in [0.25, 0.3) is 0 Å². The Morgan fingerprint density at radius 3 is 3.00 bits per heavy atom. The van der Waals surface area contributed by atoms with Gasteiger partial charge in [0.25, 0.3) is 5.91 Å². The minimum absolute atomic E-state index is 0.113. The molecule has 19 heavy (non-hydrogen) atoms. The number of carbonyl (C=O) groups excluding carboxylic acids is 1. The molecule has 0 aliphatic carbocycles.